The van der Waals surface area contributed by atoms with Gasteiger partial charge in [0.1, 0.15) is 0 Å². The molecule has 0 aliphatic carbocycles. The van der Waals surface area contributed by atoms with Crippen molar-refractivity contribution >= 4 is 53.9 Å². The summed E-state index contributed by atoms with van der Waals surface area (Å²) in [5.41, 5.74) is -0.677. The lowest BCUT2D eigenvalue weighted by atomic mass is 9.83. The number of hydrogen-bond donors (Lipinski definition) is 0. The van der Waals surface area contributed by atoms with E-state index in [1.807, 2.05) is 30.3 Å². The van der Waals surface area contributed by atoms with Gasteiger partial charge in [0.15, 0.2) is 0 Å². The average molecular weight is 591 g/mol. The number of halogens is 6. The Kier molecular flexibility index (Phi) is 5.54. The van der Waals surface area contributed by atoms with Crippen molar-refractivity contribution in [3.63, 3.8) is 0 Å². The van der Waals surface area contributed by atoms with E-state index in [4.69, 9.17) is 0 Å². The average Bonchev–Trinajstić information content (AvgIpc) is 3.01. The van der Waals surface area contributed by atoms with Crippen LogP contribution in [0, 0.1) is 0 Å². The minimum atomic E-state index is -4.96. The van der Waals surface area contributed by atoms with E-state index in [1.54, 1.807) is 24.3 Å². The van der Waals surface area contributed by atoms with Gasteiger partial charge in [0.25, 0.3) is 0 Å². The maximum Gasteiger partial charge on any atom is 0.416 e. The summed E-state index contributed by atoms with van der Waals surface area (Å²) in [6, 6.07) is 35.0. The van der Waals surface area contributed by atoms with E-state index >= 15 is 0 Å². The molecule has 0 heterocycles. The molecule has 0 fully saturated rings. The largest absolute Gasteiger partial charge is 0.416 e. The van der Waals surface area contributed by atoms with E-state index in [0.29, 0.717) is 16.3 Å². The third-order valence-electron chi connectivity index (χ3n) is 8.61. The topological polar surface area (TPSA) is 0 Å². The minimum Gasteiger partial charge on any atom is -0.166 e. The van der Waals surface area contributed by atoms with Crippen LogP contribution in [0.5, 0.6) is 0 Å². The Balaban J connectivity index is 1.52. The Morgan fingerprint density at radius 2 is 0.818 bits per heavy atom. The van der Waals surface area contributed by atoms with Gasteiger partial charge in [-0.2, -0.15) is 26.3 Å². The molecule has 0 amide bonds. The number of benzene rings is 8. The van der Waals surface area contributed by atoms with Crippen LogP contribution < -0.4 is 0 Å². The van der Waals surface area contributed by atoms with Crippen LogP contribution in [0.25, 0.3) is 76.1 Å². The van der Waals surface area contributed by atoms with Gasteiger partial charge in [-0.25, -0.2) is 0 Å². The predicted octanol–water partition coefficient (Wildman–Crippen LogP) is 12.3. The van der Waals surface area contributed by atoms with E-state index in [-0.39, 0.29) is 11.6 Å². The highest BCUT2D eigenvalue weighted by Crippen LogP contribution is 2.48. The van der Waals surface area contributed by atoms with Gasteiger partial charge in [0.05, 0.1) is 11.1 Å². The van der Waals surface area contributed by atoms with Crippen molar-refractivity contribution < 1.29 is 26.3 Å². The van der Waals surface area contributed by atoms with E-state index in [2.05, 4.69) is 48.5 Å². The number of rotatable bonds is 2. The van der Waals surface area contributed by atoms with E-state index in [9.17, 15) is 26.3 Å². The van der Waals surface area contributed by atoms with Gasteiger partial charge in [-0.05, 0) is 94.3 Å². The third-order valence-corrected chi connectivity index (χ3v) is 8.61. The first-order valence-electron chi connectivity index (χ1n) is 14.0. The smallest absolute Gasteiger partial charge is 0.166 e. The summed E-state index contributed by atoms with van der Waals surface area (Å²) in [7, 11) is 0. The van der Waals surface area contributed by atoms with Crippen molar-refractivity contribution in [2.45, 2.75) is 12.4 Å². The summed E-state index contributed by atoms with van der Waals surface area (Å²) >= 11 is 0. The first-order chi connectivity index (χ1) is 21.1. The SMILES string of the molecule is FC(F)(F)c1cc(-c2c3ccccc3c(-c3ccc4ccc5cccc6ccc3c4c56)c3ccccc23)cc(C(F)(F)F)c1. The quantitative estimate of drug-likeness (QED) is 0.107. The highest BCUT2D eigenvalue weighted by Gasteiger charge is 2.37. The van der Waals surface area contributed by atoms with Crippen LogP contribution in [0.2, 0.25) is 0 Å². The first kappa shape index (κ1) is 26.5. The number of fused-ring (bicyclic) bond motifs is 2. The van der Waals surface area contributed by atoms with E-state index in [0.717, 1.165) is 66.3 Å². The fourth-order valence-corrected chi connectivity index (χ4v) is 6.78. The summed E-state index contributed by atoms with van der Waals surface area (Å²) in [6.45, 7) is 0. The molecule has 0 atom stereocenters. The highest BCUT2D eigenvalue weighted by molar-refractivity contribution is 6.29. The fourth-order valence-electron chi connectivity index (χ4n) is 6.78. The lowest BCUT2D eigenvalue weighted by Gasteiger charge is -2.21. The van der Waals surface area contributed by atoms with Crippen molar-refractivity contribution in [1.29, 1.82) is 0 Å². The Labute approximate surface area is 247 Å². The van der Waals surface area contributed by atoms with Crippen LogP contribution in [-0.2, 0) is 12.4 Å². The molecule has 44 heavy (non-hydrogen) atoms. The van der Waals surface area contributed by atoms with Gasteiger partial charge in [0.2, 0.25) is 0 Å². The van der Waals surface area contributed by atoms with Crippen LogP contribution in [0.15, 0.2) is 121 Å². The van der Waals surface area contributed by atoms with Crippen LogP contribution in [0.1, 0.15) is 11.1 Å². The summed E-state index contributed by atoms with van der Waals surface area (Å²) in [5, 5.41) is 9.22. The summed E-state index contributed by atoms with van der Waals surface area (Å²) in [5.74, 6) is 0. The van der Waals surface area contributed by atoms with Crippen LogP contribution in [0.3, 0.4) is 0 Å². The maximum atomic E-state index is 13.9. The van der Waals surface area contributed by atoms with Gasteiger partial charge >= 0.3 is 12.4 Å². The van der Waals surface area contributed by atoms with Crippen molar-refractivity contribution in [1.82, 2.24) is 0 Å². The molecule has 0 radical (unpaired) electrons. The molecule has 0 saturated carbocycles. The molecule has 6 heteroatoms. The van der Waals surface area contributed by atoms with Crippen LogP contribution in [-0.4, -0.2) is 0 Å². The molecule has 8 aromatic rings. The molecule has 0 nitrogen and oxygen atoms in total. The molecule has 0 aliphatic rings. The number of alkyl halides is 6. The molecular weight excluding hydrogens is 570 g/mol. The van der Waals surface area contributed by atoms with Gasteiger partial charge in [-0.1, -0.05) is 103 Å². The van der Waals surface area contributed by atoms with Crippen molar-refractivity contribution in [2.75, 3.05) is 0 Å². The van der Waals surface area contributed by atoms with Gasteiger partial charge < -0.3 is 0 Å². The maximum absolute atomic E-state index is 13.9. The van der Waals surface area contributed by atoms with Crippen LogP contribution >= 0.6 is 0 Å². The van der Waals surface area contributed by atoms with E-state index < -0.39 is 23.5 Å². The monoisotopic (exact) mass is 590 g/mol. The van der Waals surface area contributed by atoms with Gasteiger partial charge in [0, 0.05) is 0 Å². The van der Waals surface area contributed by atoms with Crippen LogP contribution in [0.4, 0.5) is 26.3 Å². The molecule has 8 aromatic carbocycles. The summed E-state index contributed by atoms with van der Waals surface area (Å²) in [6.07, 6.45) is -9.91. The first-order valence-corrected chi connectivity index (χ1v) is 14.0. The second-order valence-electron chi connectivity index (χ2n) is 11.1. The Hall–Kier alpha value is -5.10. The molecule has 0 aliphatic heterocycles. The minimum absolute atomic E-state index is 0.138. The summed E-state index contributed by atoms with van der Waals surface area (Å²) in [4.78, 5) is 0. The number of hydrogen-bond acceptors (Lipinski definition) is 0. The molecule has 8 rings (SSSR count). The lowest BCUT2D eigenvalue weighted by molar-refractivity contribution is -0.143. The summed E-state index contributed by atoms with van der Waals surface area (Å²) < 4.78 is 83.5. The molecule has 0 aromatic heterocycles. The molecular formula is C38H20F6. The third kappa shape index (κ3) is 3.94. The molecule has 0 saturated heterocycles. The Morgan fingerprint density at radius 3 is 1.34 bits per heavy atom. The molecule has 214 valence electrons. The molecule has 0 N–H and O–H groups in total. The zero-order valence-electron chi connectivity index (χ0n) is 22.8. The second kappa shape index (κ2) is 9.20. The Morgan fingerprint density at radius 1 is 0.364 bits per heavy atom. The lowest BCUT2D eigenvalue weighted by Crippen LogP contribution is -2.11. The zero-order chi connectivity index (χ0) is 30.4. The normalized spacial score (nSPS) is 12.8. The standard InChI is InChI=1S/C38H20F6/c39-37(40,41)25-18-24(19-26(20-25)38(42,43)44)34-27-8-1-3-10-29(27)36(30-11-4-2-9-28(30)34)32-17-15-23-13-12-21-6-5-7-22-14-16-31(32)35(23)33(21)22/h1-20H. The second-order valence-corrected chi connectivity index (χ2v) is 11.1. The fraction of sp³-hybridized carbons (Fsp3) is 0.0526. The van der Waals surface area contributed by atoms with Crippen molar-refractivity contribution in [2.24, 2.45) is 0 Å². The zero-order valence-corrected chi connectivity index (χ0v) is 22.8. The van der Waals surface area contributed by atoms with Gasteiger partial charge in [-0.3, -0.25) is 0 Å². The highest BCUT2D eigenvalue weighted by atomic mass is 19.4. The molecule has 0 unspecified atom stereocenters. The molecule has 0 bridgehead atoms. The van der Waals surface area contributed by atoms with Crippen molar-refractivity contribution in [3.8, 4) is 22.3 Å². The van der Waals surface area contributed by atoms with Gasteiger partial charge in [-0.15, -0.1) is 0 Å². The van der Waals surface area contributed by atoms with E-state index in [1.165, 1.54) is 0 Å². The Bertz CT molecular complexity index is 2310. The van der Waals surface area contributed by atoms with Crippen molar-refractivity contribution in [3.05, 3.63) is 132 Å². The predicted molar refractivity (Wildman–Crippen MR) is 166 cm³/mol. The molecule has 0 spiro atoms.